The van der Waals surface area contributed by atoms with Gasteiger partial charge in [-0.1, -0.05) is 32.0 Å². The summed E-state index contributed by atoms with van der Waals surface area (Å²) in [5, 5.41) is 0. The van der Waals surface area contributed by atoms with Crippen molar-refractivity contribution in [2.24, 2.45) is 11.7 Å². The van der Waals surface area contributed by atoms with E-state index in [1.54, 1.807) is 7.11 Å². The van der Waals surface area contributed by atoms with Crippen LogP contribution in [-0.4, -0.2) is 30.6 Å². The van der Waals surface area contributed by atoms with Gasteiger partial charge in [0, 0.05) is 17.6 Å². The molecule has 0 saturated heterocycles. The SMILES string of the molecule is COc1ccccc1C(C(C)N)N(CCC(C)C)C1CC1. The van der Waals surface area contributed by atoms with Crippen LogP contribution >= 0.6 is 0 Å². The molecule has 21 heavy (non-hydrogen) atoms. The topological polar surface area (TPSA) is 38.5 Å². The zero-order valence-corrected chi connectivity index (χ0v) is 13.9. The minimum Gasteiger partial charge on any atom is -0.496 e. The lowest BCUT2D eigenvalue weighted by molar-refractivity contribution is 0.155. The van der Waals surface area contributed by atoms with Crippen molar-refractivity contribution in [1.29, 1.82) is 0 Å². The molecule has 2 N–H and O–H groups in total. The average molecular weight is 290 g/mol. The molecule has 1 saturated carbocycles. The number of rotatable bonds is 8. The van der Waals surface area contributed by atoms with Crippen molar-refractivity contribution in [3.05, 3.63) is 29.8 Å². The second-order valence-corrected chi connectivity index (χ2v) is 6.70. The highest BCUT2D eigenvalue weighted by atomic mass is 16.5. The molecule has 2 rings (SSSR count). The first-order valence-electron chi connectivity index (χ1n) is 8.18. The van der Waals surface area contributed by atoms with Gasteiger partial charge in [0.05, 0.1) is 13.2 Å². The zero-order chi connectivity index (χ0) is 15.4. The standard InChI is InChI=1S/C18H30N2O/c1-13(2)11-12-20(15-9-10-15)18(14(3)19)16-7-5-6-8-17(16)21-4/h5-8,13-15,18H,9-12,19H2,1-4H3. The molecule has 1 aromatic rings. The molecule has 1 aliphatic rings. The van der Waals surface area contributed by atoms with E-state index in [0.29, 0.717) is 6.04 Å². The molecule has 0 aromatic heterocycles. The van der Waals surface area contributed by atoms with Gasteiger partial charge in [0.1, 0.15) is 5.75 Å². The highest BCUT2D eigenvalue weighted by molar-refractivity contribution is 5.37. The maximum atomic E-state index is 6.37. The normalized spacial score (nSPS) is 18.0. The summed E-state index contributed by atoms with van der Waals surface area (Å²) in [6.07, 6.45) is 3.82. The van der Waals surface area contributed by atoms with E-state index in [-0.39, 0.29) is 12.1 Å². The Kier molecular flexibility index (Phi) is 5.65. The lowest BCUT2D eigenvalue weighted by Gasteiger charge is -2.36. The molecule has 118 valence electrons. The first-order chi connectivity index (χ1) is 10.0. The Morgan fingerprint density at radius 2 is 1.90 bits per heavy atom. The van der Waals surface area contributed by atoms with Crippen molar-refractivity contribution in [3.8, 4) is 5.75 Å². The van der Waals surface area contributed by atoms with E-state index in [2.05, 4.69) is 37.8 Å². The number of nitrogens with two attached hydrogens (primary N) is 1. The van der Waals surface area contributed by atoms with Gasteiger partial charge >= 0.3 is 0 Å². The zero-order valence-electron chi connectivity index (χ0n) is 13.9. The largest absolute Gasteiger partial charge is 0.496 e. The maximum absolute atomic E-state index is 6.37. The smallest absolute Gasteiger partial charge is 0.123 e. The molecule has 3 nitrogen and oxygen atoms in total. The quantitative estimate of drug-likeness (QED) is 0.795. The second-order valence-electron chi connectivity index (χ2n) is 6.70. The molecule has 1 fully saturated rings. The Bertz CT molecular complexity index is 441. The van der Waals surface area contributed by atoms with Gasteiger partial charge in [-0.05, 0) is 44.7 Å². The summed E-state index contributed by atoms with van der Waals surface area (Å²) >= 11 is 0. The van der Waals surface area contributed by atoms with E-state index < -0.39 is 0 Å². The lowest BCUT2D eigenvalue weighted by Crippen LogP contribution is -2.41. The number of nitrogens with zero attached hydrogens (tertiary/aromatic N) is 1. The summed E-state index contributed by atoms with van der Waals surface area (Å²) in [5.41, 5.74) is 7.60. The van der Waals surface area contributed by atoms with Crippen molar-refractivity contribution in [2.75, 3.05) is 13.7 Å². The molecule has 0 radical (unpaired) electrons. The van der Waals surface area contributed by atoms with Crippen LogP contribution in [0.25, 0.3) is 0 Å². The molecule has 0 amide bonds. The molecular formula is C18H30N2O. The van der Waals surface area contributed by atoms with Crippen molar-refractivity contribution in [2.45, 2.75) is 58.2 Å². The van der Waals surface area contributed by atoms with Gasteiger partial charge in [-0.2, -0.15) is 0 Å². The van der Waals surface area contributed by atoms with E-state index in [4.69, 9.17) is 10.5 Å². The fourth-order valence-electron chi connectivity index (χ4n) is 3.04. The number of hydrogen-bond acceptors (Lipinski definition) is 3. The highest BCUT2D eigenvalue weighted by Crippen LogP contribution is 2.39. The Balaban J connectivity index is 2.26. The Labute approximate surface area is 129 Å². The van der Waals surface area contributed by atoms with Crippen LogP contribution in [0.5, 0.6) is 5.75 Å². The van der Waals surface area contributed by atoms with Crippen LogP contribution < -0.4 is 10.5 Å². The Morgan fingerprint density at radius 3 is 2.43 bits per heavy atom. The molecular weight excluding hydrogens is 260 g/mol. The fraction of sp³-hybridized carbons (Fsp3) is 0.667. The number of para-hydroxylation sites is 1. The van der Waals surface area contributed by atoms with Crippen LogP contribution in [0.15, 0.2) is 24.3 Å². The third kappa shape index (κ3) is 4.21. The number of hydrogen-bond donors (Lipinski definition) is 1. The van der Waals surface area contributed by atoms with Crippen molar-refractivity contribution in [3.63, 3.8) is 0 Å². The number of ether oxygens (including phenoxy) is 1. The van der Waals surface area contributed by atoms with Gasteiger partial charge in [-0.15, -0.1) is 0 Å². The van der Waals surface area contributed by atoms with Crippen LogP contribution in [0.2, 0.25) is 0 Å². The van der Waals surface area contributed by atoms with Crippen LogP contribution in [0, 0.1) is 5.92 Å². The molecule has 1 aliphatic carbocycles. The van der Waals surface area contributed by atoms with E-state index in [0.717, 1.165) is 18.2 Å². The van der Waals surface area contributed by atoms with Gasteiger partial charge in [0.25, 0.3) is 0 Å². The number of benzene rings is 1. The highest BCUT2D eigenvalue weighted by Gasteiger charge is 2.37. The molecule has 0 heterocycles. The summed E-state index contributed by atoms with van der Waals surface area (Å²) in [7, 11) is 1.74. The lowest BCUT2D eigenvalue weighted by atomic mass is 9.97. The van der Waals surface area contributed by atoms with Gasteiger partial charge < -0.3 is 10.5 Å². The molecule has 0 aliphatic heterocycles. The summed E-state index contributed by atoms with van der Waals surface area (Å²) in [6, 6.07) is 9.35. The summed E-state index contributed by atoms with van der Waals surface area (Å²) < 4.78 is 5.57. The maximum Gasteiger partial charge on any atom is 0.123 e. The predicted octanol–water partition coefficient (Wildman–Crippen LogP) is 3.59. The van der Waals surface area contributed by atoms with E-state index in [1.807, 2.05) is 12.1 Å². The van der Waals surface area contributed by atoms with E-state index in [1.165, 1.54) is 24.8 Å². The van der Waals surface area contributed by atoms with Crippen LogP contribution in [0.3, 0.4) is 0 Å². The van der Waals surface area contributed by atoms with E-state index in [9.17, 15) is 0 Å². The minimum atomic E-state index is 0.0917. The summed E-state index contributed by atoms with van der Waals surface area (Å²) in [6.45, 7) is 7.80. The molecule has 0 spiro atoms. The average Bonchev–Trinajstić information content (AvgIpc) is 3.27. The molecule has 1 aromatic carbocycles. The van der Waals surface area contributed by atoms with Gasteiger partial charge in [0.15, 0.2) is 0 Å². The second kappa shape index (κ2) is 7.28. The Morgan fingerprint density at radius 1 is 1.24 bits per heavy atom. The van der Waals surface area contributed by atoms with Gasteiger partial charge in [-0.3, -0.25) is 4.90 Å². The van der Waals surface area contributed by atoms with Crippen LogP contribution in [0.1, 0.15) is 51.6 Å². The van der Waals surface area contributed by atoms with Crippen LogP contribution in [-0.2, 0) is 0 Å². The minimum absolute atomic E-state index is 0.0917. The first-order valence-corrected chi connectivity index (χ1v) is 8.18. The third-order valence-corrected chi connectivity index (χ3v) is 4.29. The van der Waals surface area contributed by atoms with Crippen LogP contribution in [0.4, 0.5) is 0 Å². The fourth-order valence-corrected chi connectivity index (χ4v) is 3.04. The molecule has 2 unspecified atom stereocenters. The van der Waals surface area contributed by atoms with Crippen molar-refractivity contribution >= 4 is 0 Å². The van der Waals surface area contributed by atoms with Gasteiger partial charge in [-0.25, -0.2) is 0 Å². The number of methoxy groups -OCH3 is 1. The third-order valence-electron chi connectivity index (χ3n) is 4.29. The molecule has 2 atom stereocenters. The summed E-state index contributed by atoms with van der Waals surface area (Å²) in [5.74, 6) is 1.67. The van der Waals surface area contributed by atoms with Crippen molar-refractivity contribution < 1.29 is 4.74 Å². The van der Waals surface area contributed by atoms with Crippen molar-refractivity contribution in [1.82, 2.24) is 4.90 Å². The molecule has 0 bridgehead atoms. The monoisotopic (exact) mass is 290 g/mol. The van der Waals surface area contributed by atoms with Gasteiger partial charge in [0.2, 0.25) is 0 Å². The first kappa shape index (κ1) is 16.3. The Hall–Kier alpha value is -1.06. The predicted molar refractivity (Wildman–Crippen MR) is 88.6 cm³/mol. The summed E-state index contributed by atoms with van der Waals surface area (Å²) in [4.78, 5) is 2.61. The molecule has 3 heteroatoms. The van der Waals surface area contributed by atoms with E-state index >= 15 is 0 Å².